The molecule has 0 bridgehead atoms. The Labute approximate surface area is 128 Å². The van der Waals surface area contributed by atoms with E-state index in [1.165, 1.54) is 19.2 Å². The van der Waals surface area contributed by atoms with Crippen LogP contribution in [0.15, 0.2) is 12.1 Å². The molecule has 1 saturated heterocycles. The smallest absolute Gasteiger partial charge is 0.227 e. The van der Waals surface area contributed by atoms with Gasteiger partial charge in [-0.25, -0.2) is 8.78 Å². The van der Waals surface area contributed by atoms with E-state index in [1.807, 2.05) is 4.90 Å². The predicted octanol–water partition coefficient (Wildman–Crippen LogP) is 2.37. The summed E-state index contributed by atoms with van der Waals surface area (Å²) in [5.41, 5.74) is 0.242. The Kier molecular flexibility index (Phi) is 5.46. The Morgan fingerprint density at radius 2 is 1.91 bits per heavy atom. The summed E-state index contributed by atoms with van der Waals surface area (Å²) in [5.74, 6) is -2.96. The van der Waals surface area contributed by atoms with Crippen LogP contribution in [0, 0.1) is 11.6 Å². The predicted molar refractivity (Wildman–Crippen MR) is 79.9 cm³/mol. The minimum atomic E-state index is -0.997. The van der Waals surface area contributed by atoms with Gasteiger partial charge in [-0.3, -0.25) is 4.79 Å². The maximum absolute atomic E-state index is 14.4. The van der Waals surface area contributed by atoms with Gasteiger partial charge < -0.3 is 15.0 Å². The molecule has 0 aliphatic carbocycles. The molecule has 1 amide bonds. The van der Waals surface area contributed by atoms with Gasteiger partial charge in [-0.2, -0.15) is 0 Å². The van der Waals surface area contributed by atoms with E-state index in [0.717, 1.165) is 25.9 Å². The number of halogens is 2. The number of amides is 1. The van der Waals surface area contributed by atoms with Crippen molar-refractivity contribution in [3.05, 3.63) is 29.3 Å². The van der Waals surface area contributed by atoms with E-state index in [1.54, 1.807) is 0 Å². The summed E-state index contributed by atoms with van der Waals surface area (Å²) >= 11 is 0. The second kappa shape index (κ2) is 7.33. The van der Waals surface area contributed by atoms with Crippen molar-refractivity contribution >= 4 is 17.9 Å². The molecule has 1 N–H and O–H groups in total. The molecular weight excluding hydrogens is 290 g/mol. The summed E-state index contributed by atoms with van der Waals surface area (Å²) < 4.78 is 28.8. The molecule has 22 heavy (non-hydrogen) atoms. The number of hydrogen-bond acceptors (Lipinski definition) is 3. The molecule has 0 radical (unpaired) electrons. The zero-order chi connectivity index (χ0) is 16.1. The molecule has 2 rings (SSSR count). The van der Waals surface area contributed by atoms with Crippen molar-refractivity contribution in [2.24, 2.45) is 0 Å². The Balaban J connectivity index is 2.35. The molecule has 1 aliphatic rings. The molecule has 1 atom stereocenters. The zero-order valence-corrected chi connectivity index (χ0v) is 12.6. The van der Waals surface area contributed by atoms with Crippen LogP contribution in [0.1, 0.15) is 37.2 Å². The Morgan fingerprint density at radius 3 is 2.41 bits per heavy atom. The SMILES string of the molecule is CNC(=O)C(CCC=O)c1c(F)cc(N2CCCC2)cc1F. The standard InChI is InChI=1S/C16H20F2N2O2/c1-19-16(22)12(5-4-8-21)15-13(17)9-11(10-14(15)18)20-6-2-3-7-20/h8-10,12H,2-7H2,1H3,(H,19,22). The van der Waals surface area contributed by atoms with E-state index in [0.29, 0.717) is 12.0 Å². The minimum absolute atomic E-state index is 0.0742. The summed E-state index contributed by atoms with van der Waals surface area (Å²) in [6.45, 7) is 1.56. The first-order valence-corrected chi connectivity index (χ1v) is 7.47. The van der Waals surface area contributed by atoms with E-state index in [4.69, 9.17) is 0 Å². The fourth-order valence-electron chi connectivity index (χ4n) is 2.88. The van der Waals surface area contributed by atoms with Gasteiger partial charge in [0.25, 0.3) is 0 Å². The second-order valence-corrected chi connectivity index (χ2v) is 5.43. The number of benzene rings is 1. The lowest BCUT2D eigenvalue weighted by Gasteiger charge is -2.21. The van der Waals surface area contributed by atoms with Crippen LogP contribution in [0.2, 0.25) is 0 Å². The molecule has 1 aromatic rings. The van der Waals surface area contributed by atoms with Gasteiger partial charge >= 0.3 is 0 Å². The monoisotopic (exact) mass is 310 g/mol. The first kappa shape index (κ1) is 16.4. The summed E-state index contributed by atoms with van der Waals surface area (Å²) in [6.07, 6.45) is 2.81. The molecule has 0 aromatic heterocycles. The average molecular weight is 310 g/mol. The molecule has 120 valence electrons. The average Bonchev–Trinajstić information content (AvgIpc) is 3.03. The van der Waals surface area contributed by atoms with Crippen molar-refractivity contribution in [1.82, 2.24) is 5.32 Å². The summed E-state index contributed by atoms with van der Waals surface area (Å²) in [6, 6.07) is 2.56. The highest BCUT2D eigenvalue weighted by atomic mass is 19.1. The first-order valence-electron chi connectivity index (χ1n) is 7.47. The number of likely N-dealkylation sites (N-methyl/N-ethyl adjacent to an activating group) is 1. The highest BCUT2D eigenvalue weighted by molar-refractivity contribution is 5.84. The van der Waals surface area contributed by atoms with Crippen LogP contribution in [-0.4, -0.2) is 32.3 Å². The molecule has 0 spiro atoms. The maximum atomic E-state index is 14.4. The van der Waals surface area contributed by atoms with Crippen molar-refractivity contribution in [3.63, 3.8) is 0 Å². The lowest BCUT2D eigenvalue weighted by Crippen LogP contribution is -2.28. The van der Waals surface area contributed by atoms with Gasteiger partial charge in [-0.05, 0) is 31.4 Å². The number of aldehydes is 1. The maximum Gasteiger partial charge on any atom is 0.227 e. The molecule has 4 nitrogen and oxygen atoms in total. The van der Waals surface area contributed by atoms with E-state index in [2.05, 4.69) is 5.32 Å². The lowest BCUT2D eigenvalue weighted by atomic mass is 9.92. The molecular formula is C16H20F2N2O2. The fraction of sp³-hybridized carbons (Fsp3) is 0.500. The van der Waals surface area contributed by atoms with Crippen LogP contribution in [0.3, 0.4) is 0 Å². The highest BCUT2D eigenvalue weighted by Gasteiger charge is 2.27. The third kappa shape index (κ3) is 3.43. The fourth-order valence-corrected chi connectivity index (χ4v) is 2.88. The van der Waals surface area contributed by atoms with Crippen LogP contribution in [0.4, 0.5) is 14.5 Å². The summed E-state index contributed by atoms with van der Waals surface area (Å²) in [7, 11) is 1.41. The molecule has 1 unspecified atom stereocenters. The largest absolute Gasteiger partial charge is 0.371 e. The normalized spacial score (nSPS) is 15.7. The quantitative estimate of drug-likeness (QED) is 0.821. The highest BCUT2D eigenvalue weighted by Crippen LogP contribution is 2.31. The molecule has 1 aliphatic heterocycles. The second-order valence-electron chi connectivity index (χ2n) is 5.43. The van der Waals surface area contributed by atoms with E-state index < -0.39 is 23.5 Å². The van der Waals surface area contributed by atoms with Gasteiger partial charge in [0.2, 0.25) is 5.91 Å². The third-order valence-corrected chi connectivity index (χ3v) is 4.02. The first-order chi connectivity index (χ1) is 10.6. The zero-order valence-electron chi connectivity index (χ0n) is 12.6. The number of anilines is 1. The van der Waals surface area contributed by atoms with Crippen LogP contribution >= 0.6 is 0 Å². The Hall–Kier alpha value is -1.98. The van der Waals surface area contributed by atoms with Gasteiger partial charge in [-0.1, -0.05) is 0 Å². The third-order valence-electron chi connectivity index (χ3n) is 4.02. The van der Waals surface area contributed by atoms with Gasteiger partial charge in [0, 0.05) is 37.8 Å². The van der Waals surface area contributed by atoms with Crippen LogP contribution < -0.4 is 10.2 Å². The number of nitrogens with zero attached hydrogens (tertiary/aromatic N) is 1. The minimum Gasteiger partial charge on any atom is -0.371 e. The van der Waals surface area contributed by atoms with Crippen LogP contribution in [0.5, 0.6) is 0 Å². The number of carbonyl (C=O) groups excluding carboxylic acids is 2. The molecule has 0 saturated carbocycles. The van der Waals surface area contributed by atoms with Gasteiger partial charge in [0.15, 0.2) is 0 Å². The van der Waals surface area contributed by atoms with Gasteiger partial charge in [-0.15, -0.1) is 0 Å². The summed E-state index contributed by atoms with van der Waals surface area (Å²) in [4.78, 5) is 24.3. The number of rotatable bonds is 6. The molecule has 1 fully saturated rings. The van der Waals surface area contributed by atoms with Crippen LogP contribution in [-0.2, 0) is 9.59 Å². The van der Waals surface area contributed by atoms with Crippen molar-refractivity contribution in [2.45, 2.75) is 31.6 Å². The van der Waals surface area contributed by atoms with Crippen LogP contribution in [0.25, 0.3) is 0 Å². The molecule has 6 heteroatoms. The van der Waals surface area contributed by atoms with Gasteiger partial charge in [0.05, 0.1) is 5.92 Å². The van der Waals surface area contributed by atoms with Crippen molar-refractivity contribution in [2.75, 3.05) is 25.0 Å². The Bertz CT molecular complexity index is 534. The Morgan fingerprint density at radius 1 is 1.32 bits per heavy atom. The lowest BCUT2D eigenvalue weighted by molar-refractivity contribution is -0.122. The van der Waals surface area contributed by atoms with Crippen molar-refractivity contribution in [3.8, 4) is 0 Å². The van der Waals surface area contributed by atoms with Gasteiger partial charge in [0.1, 0.15) is 17.9 Å². The number of carbonyl (C=O) groups is 2. The topological polar surface area (TPSA) is 49.4 Å². The number of hydrogen-bond donors (Lipinski definition) is 1. The van der Waals surface area contributed by atoms with E-state index in [-0.39, 0.29) is 18.4 Å². The molecule has 1 heterocycles. The van der Waals surface area contributed by atoms with Crippen molar-refractivity contribution < 1.29 is 18.4 Å². The summed E-state index contributed by atoms with van der Waals surface area (Å²) in [5, 5.41) is 2.40. The van der Waals surface area contributed by atoms with Crippen molar-refractivity contribution in [1.29, 1.82) is 0 Å². The van der Waals surface area contributed by atoms with E-state index >= 15 is 0 Å². The molecule has 1 aromatic carbocycles. The number of nitrogens with one attached hydrogen (secondary N) is 1. The van der Waals surface area contributed by atoms with E-state index in [9.17, 15) is 18.4 Å².